The molecule has 0 spiro atoms. The van der Waals surface area contributed by atoms with E-state index in [9.17, 15) is 14.4 Å². The summed E-state index contributed by atoms with van der Waals surface area (Å²) in [4.78, 5) is 44.6. The lowest BCUT2D eigenvalue weighted by atomic mass is 9.67. The van der Waals surface area contributed by atoms with Gasteiger partial charge in [-0.2, -0.15) is 0 Å². The van der Waals surface area contributed by atoms with Crippen LogP contribution in [0.2, 0.25) is 0 Å². The van der Waals surface area contributed by atoms with Gasteiger partial charge in [0.25, 0.3) is 0 Å². The first-order chi connectivity index (χ1) is 20.1. The maximum atomic E-state index is 14.4. The zero-order chi connectivity index (χ0) is 28.7. The average Bonchev–Trinajstić information content (AvgIpc) is 3.72. The van der Waals surface area contributed by atoms with Gasteiger partial charge in [0.1, 0.15) is 12.1 Å². The Labute approximate surface area is 242 Å². The van der Waals surface area contributed by atoms with Gasteiger partial charge in [0.15, 0.2) is 0 Å². The highest BCUT2D eigenvalue weighted by Gasteiger charge is 2.45. The highest BCUT2D eigenvalue weighted by atomic mass is 16.2. The van der Waals surface area contributed by atoms with Crippen molar-refractivity contribution < 1.29 is 14.4 Å². The van der Waals surface area contributed by atoms with E-state index in [0.29, 0.717) is 45.4 Å². The molecule has 7 heteroatoms. The van der Waals surface area contributed by atoms with Crippen LogP contribution in [-0.4, -0.2) is 65.8 Å². The minimum atomic E-state index is -0.726. The molecule has 214 valence electrons. The number of hydrogen-bond donors (Lipinski definition) is 2. The van der Waals surface area contributed by atoms with Crippen LogP contribution in [0.25, 0.3) is 0 Å². The molecule has 0 unspecified atom stereocenters. The number of carbonyl (C=O) groups is 3. The quantitative estimate of drug-likeness (QED) is 0.295. The Balaban J connectivity index is 1.45. The molecule has 0 radical (unpaired) electrons. The first-order valence-electron chi connectivity index (χ1n) is 14.8. The molecule has 2 heterocycles. The molecular weight excluding hydrogens is 512 g/mol. The van der Waals surface area contributed by atoms with Gasteiger partial charge in [-0.05, 0) is 55.3 Å². The molecule has 3 aromatic carbocycles. The SMILES string of the molecule is NCCCNC(=O)[C@H]1CCCN1C(=O)[C@@H]1CCCN1C(=O)CC(c1ccccc1)(c1ccccc1)c1ccccc1. The van der Waals surface area contributed by atoms with Crippen LogP contribution in [0, 0.1) is 0 Å². The van der Waals surface area contributed by atoms with Crippen LogP contribution in [0.1, 0.15) is 55.2 Å². The number of hydrogen-bond acceptors (Lipinski definition) is 4. The van der Waals surface area contributed by atoms with E-state index in [1.165, 1.54) is 0 Å². The van der Waals surface area contributed by atoms with Gasteiger partial charge in [0.2, 0.25) is 17.7 Å². The Morgan fingerprint density at radius 1 is 0.732 bits per heavy atom. The molecule has 0 bridgehead atoms. The average molecular weight is 553 g/mol. The second-order valence-corrected chi connectivity index (χ2v) is 11.0. The number of rotatable bonds is 10. The summed E-state index contributed by atoms with van der Waals surface area (Å²) < 4.78 is 0. The molecular formula is C34H40N4O3. The summed E-state index contributed by atoms with van der Waals surface area (Å²) in [6.45, 7) is 2.07. The monoisotopic (exact) mass is 552 g/mol. The molecule has 2 fully saturated rings. The first-order valence-corrected chi connectivity index (χ1v) is 14.8. The van der Waals surface area contributed by atoms with Gasteiger partial charge in [-0.15, -0.1) is 0 Å². The summed E-state index contributed by atoms with van der Waals surface area (Å²) in [5, 5.41) is 2.93. The predicted octanol–water partition coefficient (Wildman–Crippen LogP) is 3.86. The number of nitrogens with two attached hydrogens (primary N) is 1. The van der Waals surface area contributed by atoms with Gasteiger partial charge in [-0.1, -0.05) is 91.0 Å². The van der Waals surface area contributed by atoms with Crippen LogP contribution in [0.15, 0.2) is 91.0 Å². The minimum absolute atomic E-state index is 0.0550. The van der Waals surface area contributed by atoms with Gasteiger partial charge in [0, 0.05) is 26.1 Å². The van der Waals surface area contributed by atoms with E-state index in [-0.39, 0.29) is 24.1 Å². The van der Waals surface area contributed by atoms with Gasteiger partial charge in [0.05, 0.1) is 5.41 Å². The Bertz CT molecular complexity index is 1220. The first kappa shape index (κ1) is 28.6. The minimum Gasteiger partial charge on any atom is -0.354 e. The van der Waals surface area contributed by atoms with Crippen LogP contribution in [0.5, 0.6) is 0 Å². The lowest BCUT2D eigenvalue weighted by Crippen LogP contribution is -2.53. The second-order valence-electron chi connectivity index (χ2n) is 11.0. The molecule has 5 rings (SSSR count). The van der Waals surface area contributed by atoms with Gasteiger partial charge in [-0.25, -0.2) is 0 Å². The normalized spacial score (nSPS) is 18.9. The van der Waals surface area contributed by atoms with Crippen LogP contribution >= 0.6 is 0 Å². The van der Waals surface area contributed by atoms with Crippen molar-refractivity contribution in [2.75, 3.05) is 26.2 Å². The molecule has 3 amide bonds. The van der Waals surface area contributed by atoms with E-state index >= 15 is 0 Å². The Morgan fingerprint density at radius 2 is 1.22 bits per heavy atom. The van der Waals surface area contributed by atoms with Crippen LogP contribution in [0.3, 0.4) is 0 Å². The fourth-order valence-electron chi connectivity index (χ4n) is 6.55. The van der Waals surface area contributed by atoms with Gasteiger partial charge in [-0.3, -0.25) is 14.4 Å². The number of nitrogens with one attached hydrogen (secondary N) is 1. The van der Waals surface area contributed by atoms with Crippen LogP contribution < -0.4 is 11.1 Å². The highest BCUT2D eigenvalue weighted by Crippen LogP contribution is 2.43. The third kappa shape index (κ3) is 5.91. The predicted molar refractivity (Wildman–Crippen MR) is 160 cm³/mol. The lowest BCUT2D eigenvalue weighted by Gasteiger charge is -2.38. The van der Waals surface area contributed by atoms with Crippen molar-refractivity contribution >= 4 is 17.7 Å². The summed E-state index contributed by atoms with van der Waals surface area (Å²) in [5.74, 6) is -0.297. The Morgan fingerprint density at radius 3 is 1.73 bits per heavy atom. The summed E-state index contributed by atoms with van der Waals surface area (Å²) >= 11 is 0. The summed E-state index contributed by atoms with van der Waals surface area (Å²) in [7, 11) is 0. The maximum absolute atomic E-state index is 14.4. The van der Waals surface area contributed by atoms with Crippen molar-refractivity contribution in [1.82, 2.24) is 15.1 Å². The number of nitrogens with zero attached hydrogens (tertiary/aromatic N) is 2. The summed E-state index contributed by atoms with van der Waals surface area (Å²) in [5.41, 5.74) is 7.93. The largest absolute Gasteiger partial charge is 0.354 e. The fourth-order valence-corrected chi connectivity index (χ4v) is 6.55. The zero-order valence-corrected chi connectivity index (χ0v) is 23.6. The van der Waals surface area contributed by atoms with Gasteiger partial charge >= 0.3 is 0 Å². The lowest BCUT2D eigenvalue weighted by molar-refractivity contribution is -0.146. The molecule has 2 aliphatic heterocycles. The molecule has 7 nitrogen and oxygen atoms in total. The molecule has 3 aromatic rings. The third-order valence-electron chi connectivity index (χ3n) is 8.59. The van der Waals surface area contributed by atoms with Crippen molar-refractivity contribution in [2.45, 2.75) is 56.0 Å². The third-order valence-corrected chi connectivity index (χ3v) is 8.59. The molecule has 0 aliphatic carbocycles. The van der Waals surface area contributed by atoms with E-state index in [4.69, 9.17) is 5.73 Å². The van der Waals surface area contributed by atoms with E-state index in [2.05, 4.69) is 41.7 Å². The standard InChI is InChI=1S/C34H40N4O3/c35-21-12-22-36-32(40)29-19-10-24-38(29)33(41)30-20-11-23-37(30)31(39)25-34(26-13-4-1-5-14-26,27-15-6-2-7-16-27)28-17-8-3-9-18-28/h1-9,13-18,29-30H,10-12,19-25,35H2,(H,36,40)/t29-,30+/m1/s1. The number of carbonyl (C=O) groups excluding carboxylic acids is 3. The van der Waals surface area contributed by atoms with Crippen molar-refractivity contribution in [1.29, 1.82) is 0 Å². The van der Waals surface area contributed by atoms with Crippen molar-refractivity contribution in [3.63, 3.8) is 0 Å². The molecule has 2 atom stereocenters. The molecule has 2 aliphatic rings. The topological polar surface area (TPSA) is 95.7 Å². The highest BCUT2D eigenvalue weighted by molar-refractivity contribution is 5.93. The second kappa shape index (κ2) is 13.1. The van der Waals surface area contributed by atoms with Crippen LogP contribution in [-0.2, 0) is 19.8 Å². The zero-order valence-electron chi connectivity index (χ0n) is 23.6. The van der Waals surface area contributed by atoms with Gasteiger partial charge < -0.3 is 20.9 Å². The number of benzene rings is 3. The van der Waals surface area contributed by atoms with E-state index in [0.717, 1.165) is 29.5 Å². The summed E-state index contributed by atoms with van der Waals surface area (Å²) in [6.07, 6.45) is 3.68. The molecule has 41 heavy (non-hydrogen) atoms. The van der Waals surface area contributed by atoms with E-state index in [1.807, 2.05) is 54.6 Å². The van der Waals surface area contributed by atoms with Crippen molar-refractivity contribution in [3.05, 3.63) is 108 Å². The smallest absolute Gasteiger partial charge is 0.246 e. The Kier molecular flexibility index (Phi) is 9.14. The maximum Gasteiger partial charge on any atom is 0.246 e. The Hall–Kier alpha value is -3.97. The van der Waals surface area contributed by atoms with Crippen LogP contribution in [0.4, 0.5) is 0 Å². The van der Waals surface area contributed by atoms with Crippen molar-refractivity contribution in [2.24, 2.45) is 5.73 Å². The van der Waals surface area contributed by atoms with Crippen molar-refractivity contribution in [3.8, 4) is 0 Å². The molecule has 3 N–H and O–H groups in total. The number of likely N-dealkylation sites (tertiary alicyclic amines) is 2. The molecule has 2 saturated heterocycles. The summed E-state index contributed by atoms with van der Waals surface area (Å²) in [6, 6.07) is 29.5. The molecule has 0 saturated carbocycles. The molecule has 0 aromatic heterocycles. The fraction of sp³-hybridized carbons (Fsp3) is 0.382. The van der Waals surface area contributed by atoms with E-state index < -0.39 is 17.5 Å². The number of amides is 3. The van der Waals surface area contributed by atoms with E-state index in [1.54, 1.807) is 9.80 Å².